The zero-order valence-electron chi connectivity index (χ0n) is 12.9. The van der Waals surface area contributed by atoms with Crippen LogP contribution in [0.3, 0.4) is 0 Å². The van der Waals surface area contributed by atoms with Crippen LogP contribution in [0.15, 0.2) is 4.90 Å². The van der Waals surface area contributed by atoms with Gasteiger partial charge in [-0.05, 0) is 27.7 Å². The molecule has 0 spiro atoms. The van der Waals surface area contributed by atoms with E-state index in [0.29, 0.717) is 24.4 Å². The number of nitrogens with one attached hydrogen (secondary N) is 1. The molecule has 2 N–H and O–H groups in total. The van der Waals surface area contributed by atoms with Gasteiger partial charge in [0.15, 0.2) is 0 Å². The molecule has 1 aliphatic rings. The maximum absolute atomic E-state index is 12.5. The summed E-state index contributed by atoms with van der Waals surface area (Å²) in [5.74, 6) is 0. The van der Waals surface area contributed by atoms with Crippen molar-refractivity contribution in [2.45, 2.75) is 50.7 Å². The van der Waals surface area contributed by atoms with E-state index in [1.54, 1.807) is 18.5 Å². The predicted octanol–water partition coefficient (Wildman–Crippen LogP) is 0.511. The summed E-state index contributed by atoms with van der Waals surface area (Å²) in [6, 6.07) is 0.0834. The van der Waals surface area contributed by atoms with E-state index in [4.69, 9.17) is 4.74 Å². The smallest absolute Gasteiger partial charge is 0.244 e. The molecule has 1 atom stereocenters. The van der Waals surface area contributed by atoms with Crippen molar-refractivity contribution in [3.05, 3.63) is 11.4 Å². The van der Waals surface area contributed by atoms with Gasteiger partial charge in [0.2, 0.25) is 10.0 Å². The number of aromatic nitrogens is 2. The van der Waals surface area contributed by atoms with E-state index in [1.807, 2.05) is 13.8 Å². The number of nitrogens with zero attached hydrogens (tertiary/aromatic N) is 2. The minimum atomic E-state index is -3.71. The molecule has 1 saturated heterocycles. The highest BCUT2D eigenvalue weighted by Crippen LogP contribution is 2.23. The maximum Gasteiger partial charge on any atom is 0.244 e. The van der Waals surface area contributed by atoms with Gasteiger partial charge in [0.25, 0.3) is 0 Å². The topological polar surface area (TPSA) is 93.5 Å². The van der Waals surface area contributed by atoms with Crippen molar-refractivity contribution in [1.82, 2.24) is 14.5 Å². The van der Waals surface area contributed by atoms with Crippen molar-refractivity contribution in [2.24, 2.45) is 0 Å². The van der Waals surface area contributed by atoms with Crippen molar-refractivity contribution in [3.8, 4) is 0 Å². The minimum absolute atomic E-state index is 0.0545. The maximum atomic E-state index is 12.5. The highest BCUT2D eigenvalue weighted by Gasteiger charge is 2.35. The van der Waals surface area contributed by atoms with Crippen LogP contribution in [0.1, 0.15) is 37.7 Å². The average molecular weight is 317 g/mol. The van der Waals surface area contributed by atoms with E-state index in [9.17, 15) is 13.5 Å². The molecule has 7 nitrogen and oxygen atoms in total. The summed E-state index contributed by atoms with van der Waals surface area (Å²) < 4.78 is 34.3. The largest absolute Gasteiger partial charge is 0.386 e. The number of aryl methyl sites for hydroxylation is 1. The molecular weight excluding hydrogens is 294 g/mol. The number of aliphatic hydroxyl groups is 1. The highest BCUT2D eigenvalue weighted by molar-refractivity contribution is 7.89. The zero-order chi connectivity index (χ0) is 15.8. The Morgan fingerprint density at radius 1 is 1.48 bits per heavy atom. The monoisotopic (exact) mass is 317 g/mol. The summed E-state index contributed by atoms with van der Waals surface area (Å²) in [6.45, 7) is 7.85. The van der Waals surface area contributed by atoms with Gasteiger partial charge in [0, 0.05) is 25.6 Å². The molecule has 1 aliphatic heterocycles. The Morgan fingerprint density at radius 2 is 2.14 bits per heavy atom. The standard InChI is InChI=1S/C13H23N3O4S/c1-9(2)16-11(4)12(10(3)15-16)21(18,19)14-7-13(17)5-6-20-8-13/h9,14,17H,5-8H2,1-4H3/t13-/m0/s1. The molecule has 0 saturated carbocycles. The van der Waals surface area contributed by atoms with Crippen molar-refractivity contribution in [1.29, 1.82) is 0 Å². The van der Waals surface area contributed by atoms with Crippen molar-refractivity contribution >= 4 is 10.0 Å². The van der Waals surface area contributed by atoms with Crippen LogP contribution < -0.4 is 4.72 Å². The van der Waals surface area contributed by atoms with Crippen LogP contribution in [-0.4, -0.2) is 48.7 Å². The lowest BCUT2D eigenvalue weighted by molar-refractivity contribution is 0.0314. The molecule has 0 aliphatic carbocycles. The van der Waals surface area contributed by atoms with E-state index in [-0.39, 0.29) is 24.1 Å². The van der Waals surface area contributed by atoms with E-state index >= 15 is 0 Å². The second-order valence-corrected chi connectivity index (χ2v) is 7.59. The van der Waals surface area contributed by atoms with Gasteiger partial charge in [-0.1, -0.05) is 0 Å². The molecule has 8 heteroatoms. The Kier molecular flexibility index (Phi) is 4.44. The summed E-state index contributed by atoms with van der Waals surface area (Å²) in [6.07, 6.45) is 0.429. The SMILES string of the molecule is Cc1nn(C(C)C)c(C)c1S(=O)(=O)NC[C@@]1(O)CCOC1. The first kappa shape index (κ1) is 16.4. The van der Waals surface area contributed by atoms with E-state index < -0.39 is 15.6 Å². The normalized spacial score (nSPS) is 23.1. The highest BCUT2D eigenvalue weighted by atomic mass is 32.2. The van der Waals surface area contributed by atoms with Crippen molar-refractivity contribution in [2.75, 3.05) is 19.8 Å². The Morgan fingerprint density at radius 3 is 2.62 bits per heavy atom. The molecule has 1 fully saturated rings. The van der Waals surface area contributed by atoms with E-state index in [2.05, 4.69) is 9.82 Å². The summed E-state index contributed by atoms with van der Waals surface area (Å²) in [7, 11) is -3.71. The summed E-state index contributed by atoms with van der Waals surface area (Å²) in [5.41, 5.74) is -0.0591. The summed E-state index contributed by atoms with van der Waals surface area (Å²) >= 11 is 0. The molecule has 1 aromatic rings. The van der Waals surface area contributed by atoms with Gasteiger partial charge in [-0.2, -0.15) is 5.10 Å². The van der Waals surface area contributed by atoms with E-state index in [1.165, 1.54) is 0 Å². The quantitative estimate of drug-likeness (QED) is 0.825. The molecule has 0 aromatic carbocycles. The predicted molar refractivity (Wildman–Crippen MR) is 77.7 cm³/mol. The Balaban J connectivity index is 2.24. The fraction of sp³-hybridized carbons (Fsp3) is 0.769. The minimum Gasteiger partial charge on any atom is -0.386 e. The van der Waals surface area contributed by atoms with Gasteiger partial charge < -0.3 is 9.84 Å². The number of sulfonamides is 1. The molecular formula is C13H23N3O4S. The van der Waals surface area contributed by atoms with Crippen LogP contribution in [0.5, 0.6) is 0 Å². The molecule has 2 heterocycles. The van der Waals surface area contributed by atoms with Gasteiger partial charge in [-0.3, -0.25) is 4.68 Å². The number of hydrogen-bond acceptors (Lipinski definition) is 5. The summed E-state index contributed by atoms with van der Waals surface area (Å²) in [5, 5.41) is 14.4. The van der Waals surface area contributed by atoms with Crippen LogP contribution in [-0.2, 0) is 14.8 Å². The average Bonchev–Trinajstić information content (AvgIpc) is 2.92. The first-order valence-corrected chi connectivity index (χ1v) is 8.50. The van der Waals surface area contributed by atoms with Gasteiger partial charge in [0.1, 0.15) is 10.5 Å². The lowest BCUT2D eigenvalue weighted by atomic mass is 10.1. The molecule has 0 amide bonds. The zero-order valence-corrected chi connectivity index (χ0v) is 13.7. The number of ether oxygens (including phenoxy) is 1. The molecule has 2 rings (SSSR count). The summed E-state index contributed by atoms with van der Waals surface area (Å²) in [4.78, 5) is 0.193. The van der Waals surface area contributed by atoms with Crippen LogP contribution >= 0.6 is 0 Å². The fourth-order valence-electron chi connectivity index (χ4n) is 2.58. The Hall–Kier alpha value is -0.960. The first-order chi connectivity index (χ1) is 9.66. The molecule has 21 heavy (non-hydrogen) atoms. The van der Waals surface area contributed by atoms with Gasteiger partial charge in [-0.25, -0.2) is 13.1 Å². The lowest BCUT2D eigenvalue weighted by Gasteiger charge is -2.20. The third-order valence-electron chi connectivity index (χ3n) is 3.69. The van der Waals surface area contributed by atoms with E-state index in [0.717, 1.165) is 0 Å². The van der Waals surface area contributed by atoms with Crippen LogP contribution in [0, 0.1) is 13.8 Å². The second-order valence-electron chi connectivity index (χ2n) is 5.89. The third kappa shape index (κ3) is 3.28. The van der Waals surface area contributed by atoms with Gasteiger partial charge >= 0.3 is 0 Å². The Bertz CT molecular complexity index is 616. The number of rotatable bonds is 5. The van der Waals surface area contributed by atoms with Gasteiger partial charge in [-0.15, -0.1) is 0 Å². The van der Waals surface area contributed by atoms with Crippen LogP contribution in [0.25, 0.3) is 0 Å². The Labute approximate surface area is 125 Å². The molecule has 1 aromatic heterocycles. The second kappa shape index (κ2) is 5.68. The molecule has 120 valence electrons. The molecule has 0 unspecified atom stereocenters. The van der Waals surface area contributed by atoms with Crippen molar-refractivity contribution in [3.63, 3.8) is 0 Å². The first-order valence-electron chi connectivity index (χ1n) is 7.02. The number of hydrogen-bond donors (Lipinski definition) is 2. The molecule has 0 radical (unpaired) electrons. The van der Waals surface area contributed by atoms with Crippen molar-refractivity contribution < 1.29 is 18.3 Å². The van der Waals surface area contributed by atoms with Gasteiger partial charge in [0.05, 0.1) is 18.0 Å². The van der Waals surface area contributed by atoms with Crippen LogP contribution in [0.2, 0.25) is 0 Å². The van der Waals surface area contributed by atoms with Crippen LogP contribution in [0.4, 0.5) is 0 Å². The fourth-order valence-corrected chi connectivity index (χ4v) is 4.09. The molecule has 0 bridgehead atoms. The lowest BCUT2D eigenvalue weighted by Crippen LogP contribution is -2.43. The third-order valence-corrected chi connectivity index (χ3v) is 5.34.